The summed E-state index contributed by atoms with van der Waals surface area (Å²) >= 11 is 0. The molecular weight excluding hydrogens is 350 g/mol. The van der Waals surface area contributed by atoms with Crippen LogP contribution < -0.4 is 15.5 Å². The zero-order valence-electron chi connectivity index (χ0n) is 16.0. The smallest absolute Gasteiger partial charge is 0.319 e. The van der Waals surface area contributed by atoms with E-state index in [1.54, 1.807) is 4.90 Å². The molecule has 0 aromatic heterocycles. The molecule has 3 amide bonds. The van der Waals surface area contributed by atoms with Crippen molar-refractivity contribution in [3.63, 3.8) is 0 Å². The maximum Gasteiger partial charge on any atom is 0.319 e. The van der Waals surface area contributed by atoms with Gasteiger partial charge in [0.2, 0.25) is 5.91 Å². The lowest BCUT2D eigenvalue weighted by Gasteiger charge is -2.18. The third kappa shape index (κ3) is 3.56. The fourth-order valence-electron chi connectivity index (χ4n) is 3.63. The Morgan fingerprint density at radius 2 is 1.79 bits per heavy atom. The molecule has 142 valence electrons. The number of nitrogens with zero attached hydrogens (tertiary/aromatic N) is 1. The highest BCUT2D eigenvalue weighted by Crippen LogP contribution is 2.25. The molecule has 3 aromatic rings. The van der Waals surface area contributed by atoms with Gasteiger partial charge in [0, 0.05) is 24.0 Å². The van der Waals surface area contributed by atoms with Crippen LogP contribution in [0.5, 0.6) is 0 Å². The van der Waals surface area contributed by atoms with Crippen molar-refractivity contribution in [2.45, 2.75) is 26.3 Å². The maximum absolute atomic E-state index is 12.5. The summed E-state index contributed by atoms with van der Waals surface area (Å²) < 4.78 is 0. The second kappa shape index (κ2) is 7.35. The van der Waals surface area contributed by atoms with Crippen LogP contribution in [0.15, 0.2) is 60.7 Å². The van der Waals surface area contributed by atoms with E-state index in [4.69, 9.17) is 0 Å². The van der Waals surface area contributed by atoms with Crippen LogP contribution >= 0.6 is 0 Å². The van der Waals surface area contributed by atoms with Crippen molar-refractivity contribution in [2.24, 2.45) is 0 Å². The quantitative estimate of drug-likeness (QED) is 0.715. The number of urea groups is 1. The first-order valence-corrected chi connectivity index (χ1v) is 9.44. The Labute approximate surface area is 164 Å². The topological polar surface area (TPSA) is 61.4 Å². The first-order valence-electron chi connectivity index (χ1n) is 9.44. The average molecular weight is 373 g/mol. The molecule has 1 atom stereocenters. The first kappa shape index (κ1) is 18.0. The van der Waals surface area contributed by atoms with Crippen LogP contribution in [0.2, 0.25) is 0 Å². The number of amides is 3. The zero-order chi connectivity index (χ0) is 19.7. The van der Waals surface area contributed by atoms with E-state index in [1.165, 1.54) is 5.56 Å². The molecule has 5 nitrogen and oxygen atoms in total. The van der Waals surface area contributed by atoms with Gasteiger partial charge in [0.1, 0.15) is 0 Å². The molecule has 28 heavy (non-hydrogen) atoms. The van der Waals surface area contributed by atoms with Crippen molar-refractivity contribution in [3.8, 4) is 0 Å². The number of hydrogen-bond donors (Lipinski definition) is 2. The molecule has 0 aliphatic carbocycles. The number of fused-ring (bicyclic) bond motifs is 1. The number of carbonyl (C=O) groups excluding carboxylic acids is 2. The SMILES string of the molecule is Cc1ccc(N2CC(NC(=O)Nc3cccc4ccccc34)CC2=O)cc1C. The summed E-state index contributed by atoms with van der Waals surface area (Å²) in [7, 11) is 0. The molecular formula is C23H23N3O2. The van der Waals surface area contributed by atoms with Crippen molar-refractivity contribution in [2.75, 3.05) is 16.8 Å². The van der Waals surface area contributed by atoms with E-state index in [-0.39, 0.29) is 18.0 Å². The largest absolute Gasteiger partial charge is 0.333 e. The summed E-state index contributed by atoms with van der Waals surface area (Å²) in [6.07, 6.45) is 0.301. The Morgan fingerprint density at radius 3 is 2.61 bits per heavy atom. The van der Waals surface area contributed by atoms with E-state index in [0.29, 0.717) is 13.0 Å². The number of rotatable bonds is 3. The highest BCUT2D eigenvalue weighted by atomic mass is 16.2. The standard InChI is InChI=1S/C23H23N3O2/c1-15-10-11-19(12-16(15)2)26-14-18(13-22(26)27)24-23(28)25-21-9-5-7-17-6-3-4-8-20(17)21/h3-12,18H,13-14H2,1-2H3,(H2,24,25,28). The van der Waals surface area contributed by atoms with Gasteiger partial charge in [-0.1, -0.05) is 42.5 Å². The Balaban J connectivity index is 1.44. The van der Waals surface area contributed by atoms with Gasteiger partial charge in [-0.2, -0.15) is 0 Å². The number of anilines is 2. The molecule has 5 heteroatoms. The van der Waals surface area contributed by atoms with Crippen LogP contribution in [0.3, 0.4) is 0 Å². The van der Waals surface area contributed by atoms with E-state index in [9.17, 15) is 9.59 Å². The third-order valence-electron chi connectivity index (χ3n) is 5.30. The molecule has 0 saturated carbocycles. The minimum atomic E-state index is -0.295. The molecule has 3 aromatic carbocycles. The predicted octanol–water partition coefficient (Wildman–Crippen LogP) is 4.38. The third-order valence-corrected chi connectivity index (χ3v) is 5.30. The van der Waals surface area contributed by atoms with Gasteiger partial charge in [-0.3, -0.25) is 4.79 Å². The van der Waals surface area contributed by atoms with Crippen LogP contribution in [-0.4, -0.2) is 24.5 Å². The molecule has 1 aliphatic heterocycles. The number of benzene rings is 3. The van der Waals surface area contributed by atoms with Crippen molar-refractivity contribution >= 4 is 34.1 Å². The van der Waals surface area contributed by atoms with E-state index in [1.807, 2.05) is 74.5 Å². The zero-order valence-corrected chi connectivity index (χ0v) is 16.0. The molecule has 2 N–H and O–H groups in total. The van der Waals surface area contributed by atoms with E-state index in [0.717, 1.165) is 27.7 Å². The lowest BCUT2D eigenvalue weighted by molar-refractivity contribution is -0.117. The van der Waals surface area contributed by atoms with Crippen LogP contribution in [0.25, 0.3) is 10.8 Å². The Morgan fingerprint density at radius 1 is 1.00 bits per heavy atom. The van der Waals surface area contributed by atoms with Crippen molar-refractivity contribution in [1.29, 1.82) is 0 Å². The van der Waals surface area contributed by atoms with Crippen LogP contribution in [0.4, 0.5) is 16.2 Å². The summed E-state index contributed by atoms with van der Waals surface area (Å²) in [5.41, 5.74) is 3.98. The Hall–Kier alpha value is -3.34. The van der Waals surface area contributed by atoms with Crippen molar-refractivity contribution in [3.05, 3.63) is 71.8 Å². The number of hydrogen-bond acceptors (Lipinski definition) is 2. The predicted molar refractivity (Wildman–Crippen MR) is 113 cm³/mol. The maximum atomic E-state index is 12.5. The number of aryl methyl sites for hydroxylation is 2. The monoisotopic (exact) mass is 373 g/mol. The minimum absolute atomic E-state index is 0.0266. The highest BCUT2D eigenvalue weighted by Gasteiger charge is 2.31. The highest BCUT2D eigenvalue weighted by molar-refractivity contribution is 6.02. The molecule has 1 aliphatic rings. The van der Waals surface area contributed by atoms with E-state index in [2.05, 4.69) is 10.6 Å². The summed E-state index contributed by atoms with van der Waals surface area (Å²) in [4.78, 5) is 26.7. The van der Waals surface area contributed by atoms with Gasteiger partial charge >= 0.3 is 6.03 Å². The number of carbonyl (C=O) groups is 2. The Bertz CT molecular complexity index is 1060. The van der Waals surface area contributed by atoms with Gasteiger partial charge in [-0.05, 0) is 48.6 Å². The van der Waals surface area contributed by atoms with Crippen LogP contribution in [-0.2, 0) is 4.79 Å². The molecule has 4 rings (SSSR count). The van der Waals surface area contributed by atoms with Crippen LogP contribution in [0, 0.1) is 13.8 Å². The minimum Gasteiger partial charge on any atom is -0.333 e. The summed E-state index contributed by atoms with van der Waals surface area (Å²) in [6.45, 7) is 4.56. The second-order valence-corrected chi connectivity index (χ2v) is 7.30. The normalized spacial score (nSPS) is 16.4. The lowest BCUT2D eigenvalue weighted by atomic mass is 10.1. The summed E-state index contributed by atoms with van der Waals surface area (Å²) in [6, 6.07) is 19.2. The molecule has 0 spiro atoms. The summed E-state index contributed by atoms with van der Waals surface area (Å²) in [5.74, 6) is 0.0266. The van der Waals surface area contributed by atoms with Crippen molar-refractivity contribution in [1.82, 2.24) is 5.32 Å². The van der Waals surface area contributed by atoms with Gasteiger partial charge in [0.15, 0.2) is 0 Å². The lowest BCUT2D eigenvalue weighted by Crippen LogP contribution is -2.39. The van der Waals surface area contributed by atoms with Gasteiger partial charge in [0.25, 0.3) is 0 Å². The van der Waals surface area contributed by atoms with Gasteiger partial charge < -0.3 is 15.5 Å². The van der Waals surface area contributed by atoms with E-state index < -0.39 is 0 Å². The Kier molecular flexibility index (Phi) is 4.74. The molecule has 1 fully saturated rings. The molecule has 0 bridgehead atoms. The first-order chi connectivity index (χ1) is 13.5. The second-order valence-electron chi connectivity index (χ2n) is 7.30. The van der Waals surface area contributed by atoms with E-state index >= 15 is 0 Å². The summed E-state index contributed by atoms with van der Waals surface area (Å²) in [5, 5.41) is 7.91. The van der Waals surface area contributed by atoms with Gasteiger partial charge in [0.05, 0.1) is 11.7 Å². The van der Waals surface area contributed by atoms with Crippen molar-refractivity contribution < 1.29 is 9.59 Å². The molecule has 1 saturated heterocycles. The number of nitrogens with one attached hydrogen (secondary N) is 2. The molecule has 1 heterocycles. The van der Waals surface area contributed by atoms with Crippen LogP contribution in [0.1, 0.15) is 17.5 Å². The average Bonchev–Trinajstić information content (AvgIpc) is 3.04. The van der Waals surface area contributed by atoms with Gasteiger partial charge in [-0.15, -0.1) is 0 Å². The molecule has 0 radical (unpaired) electrons. The molecule has 1 unspecified atom stereocenters. The van der Waals surface area contributed by atoms with Gasteiger partial charge in [-0.25, -0.2) is 4.79 Å². The fourth-order valence-corrected chi connectivity index (χ4v) is 3.63. The fraction of sp³-hybridized carbons (Fsp3) is 0.217.